The van der Waals surface area contributed by atoms with Gasteiger partial charge in [-0.3, -0.25) is 33.6 Å². The van der Waals surface area contributed by atoms with Crippen LogP contribution in [0.4, 0.5) is 0 Å². The van der Waals surface area contributed by atoms with Gasteiger partial charge in [0, 0.05) is 53.7 Å². The predicted octanol–water partition coefficient (Wildman–Crippen LogP) is 3.41. The maximum atomic E-state index is 13.6. The third-order valence-corrected chi connectivity index (χ3v) is 6.43. The molecule has 0 amide bonds. The number of esters is 6. The Morgan fingerprint density at radius 2 is 1.28 bits per heavy atom. The van der Waals surface area contributed by atoms with Crippen LogP contribution in [0.25, 0.3) is 22.1 Å². The monoisotopic (exact) mass is 700 g/mol. The van der Waals surface area contributed by atoms with Crippen LogP contribution < -0.4 is 19.6 Å². The van der Waals surface area contributed by atoms with Crippen LogP contribution in [0.5, 0.6) is 17.2 Å². The fraction of sp³-hybridized carbons (Fsp3) is 0.382. The minimum atomic E-state index is -1.52. The van der Waals surface area contributed by atoms with Crippen molar-refractivity contribution in [2.24, 2.45) is 0 Å². The fourth-order valence-electron chi connectivity index (χ4n) is 4.66. The first-order valence-electron chi connectivity index (χ1n) is 15.1. The summed E-state index contributed by atoms with van der Waals surface area (Å²) in [5.41, 5.74) is -0.175. The largest absolute Gasteiger partial charge is 0.463 e. The minimum absolute atomic E-state index is 0.00599. The van der Waals surface area contributed by atoms with Gasteiger partial charge in [-0.05, 0) is 24.6 Å². The first-order valence-corrected chi connectivity index (χ1v) is 15.1. The summed E-state index contributed by atoms with van der Waals surface area (Å²) in [7, 11) is 0. The van der Waals surface area contributed by atoms with Crippen molar-refractivity contribution in [1.82, 2.24) is 0 Å². The second kappa shape index (κ2) is 17.6. The van der Waals surface area contributed by atoms with Gasteiger partial charge in [0.1, 0.15) is 47.2 Å². The first-order chi connectivity index (χ1) is 23.5. The molecule has 0 fully saturated rings. The van der Waals surface area contributed by atoms with Gasteiger partial charge in [0.25, 0.3) is 0 Å². The summed E-state index contributed by atoms with van der Waals surface area (Å²) in [5, 5.41) is -0.0854. The number of benzene rings is 2. The highest BCUT2D eigenvalue weighted by Crippen LogP contribution is 2.32. The molecule has 16 nitrogen and oxygen atoms in total. The van der Waals surface area contributed by atoms with Crippen molar-refractivity contribution in [3.8, 4) is 28.4 Å². The summed E-state index contributed by atoms with van der Waals surface area (Å²) in [6.45, 7) is 7.80. The summed E-state index contributed by atoms with van der Waals surface area (Å²) in [6.07, 6.45) is -4.40. The van der Waals surface area contributed by atoms with Crippen LogP contribution in [-0.2, 0) is 52.5 Å². The number of rotatable bonds is 15. The zero-order chi connectivity index (χ0) is 37.1. The molecule has 0 radical (unpaired) electrons. The highest BCUT2D eigenvalue weighted by molar-refractivity contribution is 5.91. The zero-order valence-corrected chi connectivity index (χ0v) is 28.3. The van der Waals surface area contributed by atoms with Gasteiger partial charge in [-0.25, -0.2) is 0 Å². The molecule has 0 aliphatic heterocycles. The second-order valence-electron chi connectivity index (χ2n) is 10.6. The molecule has 0 saturated heterocycles. The normalized spacial score (nSPS) is 13.2. The quantitative estimate of drug-likeness (QED) is 0.0732. The average Bonchev–Trinajstić information content (AvgIpc) is 2.99. The van der Waals surface area contributed by atoms with Gasteiger partial charge < -0.3 is 42.3 Å². The van der Waals surface area contributed by atoms with Gasteiger partial charge in [0.2, 0.25) is 17.8 Å². The van der Waals surface area contributed by atoms with Gasteiger partial charge in [0.05, 0.1) is 12.2 Å². The third-order valence-electron chi connectivity index (χ3n) is 6.43. The van der Waals surface area contributed by atoms with E-state index in [2.05, 4.69) is 0 Å². The van der Waals surface area contributed by atoms with Gasteiger partial charge >= 0.3 is 35.8 Å². The minimum Gasteiger partial charge on any atom is -0.463 e. The van der Waals surface area contributed by atoms with E-state index in [0.29, 0.717) is 5.56 Å². The molecular formula is C34H36O16. The van der Waals surface area contributed by atoms with E-state index in [1.165, 1.54) is 63.4 Å². The molecule has 0 bridgehead atoms. The summed E-state index contributed by atoms with van der Waals surface area (Å²) >= 11 is 0. The summed E-state index contributed by atoms with van der Waals surface area (Å²) < 4.78 is 48.8. The van der Waals surface area contributed by atoms with E-state index in [1.807, 2.05) is 0 Å². The number of hydrogen-bond acceptors (Lipinski definition) is 16. The SMILES string of the molecule is CC(=O)OCCOC(Oc1ccc(-c2coc3cc(OC(C)=O)cc(OC(C)=O)c3c2=O)cc1)C(OC(C)=O)C(OC(C)=O)C(C)OC(C)=O. The fourth-order valence-corrected chi connectivity index (χ4v) is 4.66. The van der Waals surface area contributed by atoms with Crippen molar-refractivity contribution < 1.29 is 71.1 Å². The molecule has 3 rings (SSSR count). The van der Waals surface area contributed by atoms with Crippen LogP contribution in [0.2, 0.25) is 0 Å². The molecule has 2 aromatic carbocycles. The lowest BCUT2D eigenvalue weighted by atomic mass is 10.0. The molecule has 0 aliphatic rings. The molecule has 0 spiro atoms. The van der Waals surface area contributed by atoms with Crippen LogP contribution in [-0.4, -0.2) is 73.6 Å². The Morgan fingerprint density at radius 1 is 0.680 bits per heavy atom. The van der Waals surface area contributed by atoms with Crippen molar-refractivity contribution in [2.45, 2.75) is 73.1 Å². The number of hydrogen-bond donors (Lipinski definition) is 0. The molecule has 1 aromatic heterocycles. The van der Waals surface area contributed by atoms with Crippen molar-refractivity contribution in [3.05, 3.63) is 52.9 Å². The highest BCUT2D eigenvalue weighted by Gasteiger charge is 2.42. The molecule has 268 valence electrons. The van der Waals surface area contributed by atoms with Crippen LogP contribution in [0, 0.1) is 0 Å². The maximum absolute atomic E-state index is 13.6. The predicted molar refractivity (Wildman–Crippen MR) is 170 cm³/mol. The molecule has 50 heavy (non-hydrogen) atoms. The zero-order valence-electron chi connectivity index (χ0n) is 28.3. The molecule has 0 aliphatic carbocycles. The van der Waals surface area contributed by atoms with Crippen LogP contribution >= 0.6 is 0 Å². The van der Waals surface area contributed by atoms with E-state index < -0.39 is 65.8 Å². The molecule has 4 atom stereocenters. The number of carbonyl (C=O) groups is 6. The van der Waals surface area contributed by atoms with Gasteiger partial charge in [-0.1, -0.05) is 12.1 Å². The summed E-state index contributed by atoms with van der Waals surface area (Å²) in [6, 6.07) is 8.40. The lowest BCUT2D eigenvalue weighted by Gasteiger charge is -2.34. The molecule has 16 heteroatoms. The number of ether oxygens (including phenoxy) is 8. The smallest absolute Gasteiger partial charge is 0.308 e. The molecule has 0 saturated carbocycles. The maximum Gasteiger partial charge on any atom is 0.308 e. The average molecular weight is 701 g/mol. The van der Waals surface area contributed by atoms with Crippen molar-refractivity contribution in [1.29, 1.82) is 0 Å². The molecule has 3 aromatic rings. The van der Waals surface area contributed by atoms with E-state index in [4.69, 9.17) is 42.3 Å². The summed E-state index contributed by atoms with van der Waals surface area (Å²) in [5.74, 6) is -4.34. The summed E-state index contributed by atoms with van der Waals surface area (Å²) in [4.78, 5) is 84.2. The van der Waals surface area contributed by atoms with Gasteiger partial charge in [0.15, 0.2) is 6.10 Å². The Hall–Kier alpha value is -5.77. The van der Waals surface area contributed by atoms with Crippen molar-refractivity contribution >= 4 is 46.8 Å². The van der Waals surface area contributed by atoms with Gasteiger partial charge in [-0.2, -0.15) is 0 Å². The Balaban J connectivity index is 2.03. The molecule has 4 unspecified atom stereocenters. The van der Waals surface area contributed by atoms with E-state index >= 15 is 0 Å². The molecule has 0 N–H and O–H groups in total. The number of carbonyl (C=O) groups excluding carboxylic acids is 6. The van der Waals surface area contributed by atoms with Crippen molar-refractivity contribution in [3.63, 3.8) is 0 Å². The molecule has 1 heterocycles. The lowest BCUT2D eigenvalue weighted by molar-refractivity contribution is -0.222. The van der Waals surface area contributed by atoms with E-state index in [9.17, 15) is 33.6 Å². The standard InChI is InChI=1S/C34H36O16/c1-17(45-19(3)36)32(48-22(6)39)33(49-23(7)40)34(43-13-12-42-18(2)35)50-25-10-8-24(9-11-25)27-16-44-28-14-26(46-20(4)37)15-29(47-21(5)38)30(28)31(27)41/h8-11,14-17,32-34H,12-13H2,1-7H3. The molecular weight excluding hydrogens is 664 g/mol. The highest BCUT2D eigenvalue weighted by atomic mass is 16.7. The Kier molecular flexibility index (Phi) is 13.6. The van der Waals surface area contributed by atoms with Crippen LogP contribution in [0.3, 0.4) is 0 Å². The lowest BCUT2D eigenvalue weighted by Crippen LogP contribution is -2.52. The Labute approximate surface area is 285 Å². The Morgan fingerprint density at radius 3 is 1.84 bits per heavy atom. The first kappa shape index (κ1) is 38.7. The van der Waals surface area contributed by atoms with E-state index in [0.717, 1.165) is 27.7 Å². The van der Waals surface area contributed by atoms with Crippen LogP contribution in [0.15, 0.2) is 51.9 Å². The van der Waals surface area contributed by atoms with Gasteiger partial charge in [-0.15, -0.1) is 0 Å². The third kappa shape index (κ3) is 11.2. The topological polar surface area (TPSA) is 206 Å². The second-order valence-corrected chi connectivity index (χ2v) is 10.6. The Bertz CT molecular complexity index is 1790. The van der Waals surface area contributed by atoms with E-state index in [1.54, 1.807) is 0 Å². The van der Waals surface area contributed by atoms with Crippen LogP contribution in [0.1, 0.15) is 48.5 Å². The van der Waals surface area contributed by atoms with E-state index in [-0.39, 0.29) is 47.0 Å². The number of fused-ring (bicyclic) bond motifs is 1. The van der Waals surface area contributed by atoms with Crippen molar-refractivity contribution in [2.75, 3.05) is 13.2 Å².